The molecular formula is C15H17NO4S. The summed E-state index contributed by atoms with van der Waals surface area (Å²) < 4.78 is 32.0. The topological polar surface area (TPSA) is 63.7 Å². The normalized spacial score (nSPS) is 29.5. The van der Waals surface area contributed by atoms with E-state index >= 15 is 0 Å². The number of rotatable bonds is 2. The lowest BCUT2D eigenvalue weighted by molar-refractivity contribution is -0.145. The average Bonchev–Trinajstić information content (AvgIpc) is 2.85. The molecule has 112 valence electrons. The number of carbonyl (C=O) groups is 1. The highest BCUT2D eigenvalue weighted by Crippen LogP contribution is 2.43. The molecule has 2 aliphatic heterocycles. The van der Waals surface area contributed by atoms with E-state index in [2.05, 4.69) is 6.58 Å². The molecular weight excluding hydrogens is 290 g/mol. The molecule has 21 heavy (non-hydrogen) atoms. The van der Waals surface area contributed by atoms with Gasteiger partial charge in [0.25, 0.3) is 0 Å². The van der Waals surface area contributed by atoms with E-state index in [0.717, 1.165) is 5.56 Å². The summed E-state index contributed by atoms with van der Waals surface area (Å²) in [5, 5.41) is 0. The minimum absolute atomic E-state index is 0.165. The van der Waals surface area contributed by atoms with E-state index < -0.39 is 21.6 Å². The Hall–Kier alpha value is -1.66. The number of sulfonamides is 1. The zero-order chi connectivity index (χ0) is 15.4. The fourth-order valence-corrected chi connectivity index (χ4v) is 4.52. The summed E-state index contributed by atoms with van der Waals surface area (Å²) in [6, 6.07) is 6.73. The summed E-state index contributed by atoms with van der Waals surface area (Å²) in [4.78, 5) is 11.8. The summed E-state index contributed by atoms with van der Waals surface area (Å²) in [7, 11) is -3.58. The number of nitrogens with zero attached hydrogens (tertiary/aromatic N) is 1. The fraction of sp³-hybridized carbons (Fsp3) is 0.400. The quantitative estimate of drug-likeness (QED) is 0.613. The Kier molecular flexibility index (Phi) is 3.00. The highest BCUT2D eigenvalue weighted by atomic mass is 32.2. The summed E-state index contributed by atoms with van der Waals surface area (Å²) in [5.74, 6) is -0.694. The second-order valence-corrected chi connectivity index (χ2v) is 7.83. The Balaban J connectivity index is 1.92. The Morgan fingerprint density at radius 3 is 2.52 bits per heavy atom. The van der Waals surface area contributed by atoms with Gasteiger partial charge in [-0.1, -0.05) is 24.3 Å². The van der Waals surface area contributed by atoms with Crippen LogP contribution in [0, 0.1) is 12.8 Å². The van der Waals surface area contributed by atoms with E-state index in [-0.39, 0.29) is 23.9 Å². The van der Waals surface area contributed by atoms with Crippen LogP contribution in [0.1, 0.15) is 12.5 Å². The van der Waals surface area contributed by atoms with Gasteiger partial charge in [0.05, 0.1) is 11.4 Å². The largest absolute Gasteiger partial charge is 0.454 e. The highest BCUT2D eigenvalue weighted by molar-refractivity contribution is 7.89. The summed E-state index contributed by atoms with van der Waals surface area (Å²) in [6.45, 7) is 7.79. The van der Waals surface area contributed by atoms with Gasteiger partial charge in [0, 0.05) is 18.0 Å². The van der Waals surface area contributed by atoms with Crippen molar-refractivity contribution < 1.29 is 17.9 Å². The van der Waals surface area contributed by atoms with Gasteiger partial charge in [-0.3, -0.25) is 0 Å². The van der Waals surface area contributed by atoms with Crippen LogP contribution in [-0.2, 0) is 19.6 Å². The van der Waals surface area contributed by atoms with Gasteiger partial charge < -0.3 is 4.74 Å². The molecule has 0 aromatic heterocycles. The lowest BCUT2D eigenvalue weighted by Gasteiger charge is -2.22. The molecule has 6 heteroatoms. The molecule has 2 unspecified atom stereocenters. The molecule has 1 aromatic rings. The predicted molar refractivity (Wildman–Crippen MR) is 77.1 cm³/mol. The van der Waals surface area contributed by atoms with E-state index in [1.165, 1.54) is 4.31 Å². The van der Waals surface area contributed by atoms with Crippen LogP contribution in [0.2, 0.25) is 0 Å². The first-order valence-electron chi connectivity index (χ1n) is 6.73. The van der Waals surface area contributed by atoms with Crippen molar-refractivity contribution in [2.75, 3.05) is 13.1 Å². The molecule has 0 bridgehead atoms. The third-order valence-electron chi connectivity index (χ3n) is 4.28. The Labute approximate surface area is 124 Å². The molecule has 0 spiro atoms. The average molecular weight is 307 g/mol. The molecule has 0 radical (unpaired) electrons. The second-order valence-electron chi connectivity index (χ2n) is 5.89. The number of hydrogen-bond donors (Lipinski definition) is 0. The van der Waals surface area contributed by atoms with Crippen molar-refractivity contribution in [2.45, 2.75) is 24.3 Å². The summed E-state index contributed by atoms with van der Waals surface area (Å²) in [6.07, 6.45) is 0. The lowest BCUT2D eigenvalue weighted by Crippen LogP contribution is -2.36. The number of ether oxygens (including phenoxy) is 1. The molecule has 2 aliphatic rings. The second kappa shape index (κ2) is 4.42. The molecule has 0 aliphatic carbocycles. The van der Waals surface area contributed by atoms with Crippen LogP contribution in [0.5, 0.6) is 0 Å². The van der Waals surface area contributed by atoms with Gasteiger partial charge in [0.15, 0.2) is 0 Å². The van der Waals surface area contributed by atoms with Gasteiger partial charge in [0.1, 0.15) is 5.60 Å². The van der Waals surface area contributed by atoms with Gasteiger partial charge in [-0.25, -0.2) is 13.2 Å². The lowest BCUT2D eigenvalue weighted by atomic mass is 9.90. The van der Waals surface area contributed by atoms with Gasteiger partial charge in [-0.2, -0.15) is 4.31 Å². The van der Waals surface area contributed by atoms with Crippen molar-refractivity contribution in [1.29, 1.82) is 0 Å². The maximum absolute atomic E-state index is 12.7. The molecule has 2 heterocycles. The Morgan fingerprint density at radius 2 is 1.95 bits per heavy atom. The molecule has 0 amide bonds. The molecule has 0 N–H and O–H groups in total. The number of carbonyl (C=O) groups excluding carboxylic acids is 1. The van der Waals surface area contributed by atoms with Crippen LogP contribution in [0.3, 0.4) is 0 Å². The van der Waals surface area contributed by atoms with E-state index in [1.54, 1.807) is 31.2 Å². The van der Waals surface area contributed by atoms with Gasteiger partial charge >= 0.3 is 5.97 Å². The standard InChI is InChI=1S/C15H17NO4S/c1-10-4-6-12(7-5-10)21(18,19)16-8-13-11(2)14(17)20-15(13,3)9-16/h4-7,13H,2,8-9H2,1,3H3. The van der Waals surface area contributed by atoms with Crippen molar-refractivity contribution >= 4 is 16.0 Å². The van der Waals surface area contributed by atoms with Crippen molar-refractivity contribution in [3.05, 3.63) is 42.0 Å². The monoisotopic (exact) mass is 307 g/mol. The van der Waals surface area contributed by atoms with Crippen molar-refractivity contribution in [3.8, 4) is 0 Å². The zero-order valence-corrected chi connectivity index (χ0v) is 12.8. The minimum Gasteiger partial charge on any atom is -0.454 e. The third kappa shape index (κ3) is 2.10. The first-order valence-corrected chi connectivity index (χ1v) is 8.17. The van der Waals surface area contributed by atoms with Crippen LogP contribution in [0.25, 0.3) is 0 Å². The van der Waals surface area contributed by atoms with E-state index in [0.29, 0.717) is 5.57 Å². The number of benzene rings is 1. The smallest absolute Gasteiger partial charge is 0.334 e. The zero-order valence-electron chi connectivity index (χ0n) is 12.0. The third-order valence-corrected chi connectivity index (χ3v) is 6.11. The minimum atomic E-state index is -3.58. The van der Waals surface area contributed by atoms with Crippen LogP contribution < -0.4 is 0 Å². The molecule has 0 saturated carbocycles. The molecule has 2 saturated heterocycles. The van der Waals surface area contributed by atoms with Crippen LogP contribution in [0.15, 0.2) is 41.3 Å². The van der Waals surface area contributed by atoms with E-state index in [1.807, 2.05) is 6.92 Å². The Morgan fingerprint density at radius 1 is 1.33 bits per heavy atom. The van der Waals surface area contributed by atoms with Gasteiger partial charge in [-0.15, -0.1) is 0 Å². The first-order chi connectivity index (χ1) is 9.74. The van der Waals surface area contributed by atoms with Crippen molar-refractivity contribution in [2.24, 2.45) is 5.92 Å². The molecule has 2 atom stereocenters. The number of hydrogen-bond acceptors (Lipinski definition) is 4. The van der Waals surface area contributed by atoms with E-state index in [4.69, 9.17) is 4.74 Å². The summed E-state index contributed by atoms with van der Waals surface area (Å²) >= 11 is 0. The number of fused-ring (bicyclic) bond motifs is 1. The molecule has 3 rings (SSSR count). The van der Waals surface area contributed by atoms with E-state index in [9.17, 15) is 13.2 Å². The number of aryl methyl sites for hydroxylation is 1. The first kappa shape index (κ1) is 14.3. The summed E-state index contributed by atoms with van der Waals surface area (Å²) in [5.41, 5.74) is 0.562. The van der Waals surface area contributed by atoms with Crippen molar-refractivity contribution in [1.82, 2.24) is 4.31 Å². The Bertz CT molecular complexity index is 723. The van der Waals surface area contributed by atoms with Crippen LogP contribution >= 0.6 is 0 Å². The predicted octanol–water partition coefficient (Wildman–Crippen LogP) is 1.49. The highest BCUT2D eigenvalue weighted by Gasteiger charge is 2.56. The fourth-order valence-electron chi connectivity index (χ4n) is 2.97. The van der Waals surface area contributed by atoms with Crippen LogP contribution in [-0.4, -0.2) is 37.4 Å². The maximum Gasteiger partial charge on any atom is 0.334 e. The maximum atomic E-state index is 12.7. The molecule has 2 fully saturated rings. The van der Waals surface area contributed by atoms with Gasteiger partial charge in [-0.05, 0) is 26.0 Å². The molecule has 5 nitrogen and oxygen atoms in total. The number of esters is 1. The van der Waals surface area contributed by atoms with Crippen molar-refractivity contribution in [3.63, 3.8) is 0 Å². The van der Waals surface area contributed by atoms with Crippen LogP contribution in [0.4, 0.5) is 0 Å². The SMILES string of the molecule is C=C1C(=O)OC2(C)CN(S(=O)(=O)c3ccc(C)cc3)CC12. The van der Waals surface area contributed by atoms with Gasteiger partial charge in [0.2, 0.25) is 10.0 Å². The molecule has 1 aromatic carbocycles.